The fraction of sp³-hybridized carbons (Fsp3) is 0.522. The van der Waals surface area contributed by atoms with Crippen molar-refractivity contribution in [3.63, 3.8) is 0 Å². The highest BCUT2D eigenvalue weighted by atomic mass is 32.2. The number of fused-ring (bicyclic) bond motifs is 1. The molecule has 29 heavy (non-hydrogen) atoms. The summed E-state index contributed by atoms with van der Waals surface area (Å²) in [4.78, 5) is 4.35. The monoisotopic (exact) mass is 418 g/mol. The van der Waals surface area contributed by atoms with E-state index in [2.05, 4.69) is 11.9 Å². The van der Waals surface area contributed by atoms with Gasteiger partial charge in [0.05, 0.1) is 16.8 Å². The van der Waals surface area contributed by atoms with Gasteiger partial charge in [0.25, 0.3) is 0 Å². The number of benzene rings is 1. The number of rotatable bonds is 5. The van der Waals surface area contributed by atoms with Gasteiger partial charge >= 0.3 is 0 Å². The standard InChI is InChI=1S/C21H28N2O3S.C2H6/c1-3-5-10-21(4-2)14-27(25,26)18-7-6-16(22)13-17(18)19(20(21)24)15-8-11-23-12-9-15;1-2/h6-9,11-13,19-20,24H,3-5,10,14,22H2,1-2H3;1-2H3/t19-,20?,21?;/m1./s1. The van der Waals surface area contributed by atoms with E-state index < -0.39 is 27.3 Å². The van der Waals surface area contributed by atoms with E-state index in [1.54, 1.807) is 30.6 Å². The second kappa shape index (κ2) is 9.72. The van der Waals surface area contributed by atoms with Gasteiger partial charge in [0, 0.05) is 29.4 Å². The lowest BCUT2D eigenvalue weighted by Gasteiger charge is -2.39. The molecule has 3 N–H and O–H groups in total. The molecule has 1 aliphatic rings. The van der Waals surface area contributed by atoms with Crippen LogP contribution in [-0.4, -0.2) is 30.4 Å². The Morgan fingerprint density at radius 2 is 1.83 bits per heavy atom. The van der Waals surface area contributed by atoms with Crippen molar-refractivity contribution in [2.75, 3.05) is 11.5 Å². The lowest BCUT2D eigenvalue weighted by Crippen LogP contribution is -2.42. The zero-order valence-electron chi connectivity index (χ0n) is 17.9. The number of hydrogen-bond acceptors (Lipinski definition) is 5. The molecule has 2 aromatic rings. The minimum atomic E-state index is -3.55. The highest BCUT2D eigenvalue weighted by Gasteiger charge is 2.48. The van der Waals surface area contributed by atoms with E-state index in [9.17, 15) is 13.5 Å². The number of pyridine rings is 1. The Balaban J connectivity index is 0.00000145. The van der Waals surface area contributed by atoms with Gasteiger partial charge in [-0.15, -0.1) is 0 Å². The summed E-state index contributed by atoms with van der Waals surface area (Å²) in [5, 5.41) is 11.6. The molecule has 1 aliphatic heterocycles. The number of unbranched alkanes of at least 4 members (excludes halogenated alkanes) is 1. The van der Waals surface area contributed by atoms with Crippen molar-refractivity contribution in [1.82, 2.24) is 4.98 Å². The smallest absolute Gasteiger partial charge is 0.179 e. The first-order chi connectivity index (χ1) is 13.8. The Hall–Kier alpha value is -1.92. The van der Waals surface area contributed by atoms with Crippen LogP contribution < -0.4 is 5.73 Å². The summed E-state index contributed by atoms with van der Waals surface area (Å²) in [6, 6.07) is 8.61. The fourth-order valence-electron chi connectivity index (χ4n) is 4.33. The summed E-state index contributed by atoms with van der Waals surface area (Å²) in [5.41, 5.74) is 7.24. The maximum atomic E-state index is 13.3. The zero-order chi connectivity index (χ0) is 21.7. The predicted octanol–water partition coefficient (Wildman–Crippen LogP) is 4.56. The molecule has 0 saturated carbocycles. The molecule has 0 bridgehead atoms. The molecule has 5 nitrogen and oxygen atoms in total. The Morgan fingerprint density at radius 1 is 1.17 bits per heavy atom. The largest absolute Gasteiger partial charge is 0.399 e. The van der Waals surface area contributed by atoms with Crippen LogP contribution in [0.15, 0.2) is 47.6 Å². The average Bonchev–Trinajstić information content (AvgIpc) is 2.79. The molecule has 3 rings (SSSR count). The molecule has 3 atom stereocenters. The fourth-order valence-corrected chi connectivity index (χ4v) is 6.58. The number of nitrogens with two attached hydrogens (primary N) is 1. The first kappa shape index (κ1) is 23.4. The molecular formula is C23H34N2O3S. The van der Waals surface area contributed by atoms with Crippen LogP contribution in [-0.2, 0) is 9.84 Å². The minimum Gasteiger partial charge on any atom is -0.399 e. The van der Waals surface area contributed by atoms with Crippen LogP contribution in [0.5, 0.6) is 0 Å². The lowest BCUT2D eigenvalue weighted by molar-refractivity contribution is 0.0174. The van der Waals surface area contributed by atoms with E-state index >= 15 is 0 Å². The van der Waals surface area contributed by atoms with Crippen molar-refractivity contribution in [3.05, 3.63) is 53.9 Å². The molecule has 0 aliphatic carbocycles. The van der Waals surface area contributed by atoms with E-state index in [0.717, 1.165) is 18.4 Å². The minimum absolute atomic E-state index is 0.0455. The summed E-state index contributed by atoms with van der Waals surface area (Å²) in [7, 11) is -3.55. The third-order valence-corrected chi connectivity index (χ3v) is 7.92. The van der Waals surface area contributed by atoms with Gasteiger partial charge in [0.15, 0.2) is 9.84 Å². The van der Waals surface area contributed by atoms with E-state index in [1.807, 2.05) is 32.9 Å². The average molecular weight is 419 g/mol. The van der Waals surface area contributed by atoms with Gasteiger partial charge in [0.1, 0.15) is 0 Å². The van der Waals surface area contributed by atoms with Gasteiger partial charge in [-0.2, -0.15) is 0 Å². The Labute approximate surface area is 175 Å². The first-order valence-electron chi connectivity index (χ1n) is 10.5. The summed E-state index contributed by atoms with van der Waals surface area (Å²) < 4.78 is 26.6. The lowest BCUT2D eigenvalue weighted by atomic mass is 9.69. The van der Waals surface area contributed by atoms with E-state index in [-0.39, 0.29) is 10.6 Å². The molecule has 6 heteroatoms. The maximum absolute atomic E-state index is 13.3. The SMILES string of the molecule is CC.CCCCC1(CC)CS(=O)(=O)c2ccc(N)cc2[C@@H](c2ccncc2)C1O. The van der Waals surface area contributed by atoms with Crippen molar-refractivity contribution in [2.45, 2.75) is 70.3 Å². The number of nitrogens with zero attached hydrogens (tertiary/aromatic N) is 1. The quantitative estimate of drug-likeness (QED) is 0.695. The molecule has 1 aromatic carbocycles. The zero-order valence-corrected chi connectivity index (χ0v) is 18.7. The number of aliphatic hydroxyl groups excluding tert-OH is 1. The summed E-state index contributed by atoms with van der Waals surface area (Å²) >= 11 is 0. The summed E-state index contributed by atoms with van der Waals surface area (Å²) in [6.07, 6.45) is 5.62. The molecule has 2 heterocycles. The van der Waals surface area contributed by atoms with Crippen LogP contribution in [0, 0.1) is 5.41 Å². The highest BCUT2D eigenvalue weighted by Crippen LogP contribution is 2.48. The molecule has 0 radical (unpaired) electrons. The molecule has 0 amide bonds. The number of sulfone groups is 1. The van der Waals surface area contributed by atoms with Crippen molar-refractivity contribution >= 4 is 15.5 Å². The molecule has 160 valence electrons. The van der Waals surface area contributed by atoms with Gasteiger partial charge in [-0.05, 0) is 54.3 Å². The second-order valence-corrected chi connectivity index (χ2v) is 9.54. The Bertz CT molecular complexity index is 900. The van der Waals surface area contributed by atoms with Gasteiger partial charge in [-0.1, -0.05) is 40.5 Å². The number of nitrogen functional groups attached to an aromatic ring is 1. The van der Waals surface area contributed by atoms with Crippen LogP contribution in [0.2, 0.25) is 0 Å². The molecule has 0 saturated heterocycles. The second-order valence-electron chi connectivity index (χ2n) is 7.58. The number of hydrogen-bond donors (Lipinski definition) is 2. The highest BCUT2D eigenvalue weighted by molar-refractivity contribution is 7.91. The van der Waals surface area contributed by atoms with E-state index in [0.29, 0.717) is 24.1 Å². The van der Waals surface area contributed by atoms with Crippen LogP contribution >= 0.6 is 0 Å². The predicted molar refractivity (Wildman–Crippen MR) is 119 cm³/mol. The third-order valence-electron chi connectivity index (χ3n) is 5.92. The van der Waals surface area contributed by atoms with Crippen molar-refractivity contribution in [3.8, 4) is 0 Å². The van der Waals surface area contributed by atoms with Crippen LogP contribution in [0.4, 0.5) is 5.69 Å². The number of aromatic nitrogens is 1. The van der Waals surface area contributed by atoms with Gasteiger partial charge in [-0.3, -0.25) is 4.98 Å². The van der Waals surface area contributed by atoms with Gasteiger partial charge in [0.2, 0.25) is 0 Å². The van der Waals surface area contributed by atoms with Crippen LogP contribution in [0.1, 0.15) is 70.4 Å². The normalized spacial score (nSPS) is 25.3. The summed E-state index contributed by atoms with van der Waals surface area (Å²) in [6.45, 7) is 8.05. The third kappa shape index (κ3) is 4.64. The Kier molecular flexibility index (Phi) is 7.83. The topological polar surface area (TPSA) is 93.3 Å². The van der Waals surface area contributed by atoms with Crippen LogP contribution in [0.25, 0.3) is 0 Å². The number of anilines is 1. The molecule has 0 spiro atoms. The van der Waals surface area contributed by atoms with E-state index in [4.69, 9.17) is 5.73 Å². The van der Waals surface area contributed by atoms with E-state index in [1.165, 1.54) is 0 Å². The van der Waals surface area contributed by atoms with Crippen molar-refractivity contribution in [2.24, 2.45) is 5.41 Å². The molecule has 0 fully saturated rings. The Morgan fingerprint density at radius 3 is 2.41 bits per heavy atom. The molecule has 2 unspecified atom stereocenters. The summed E-state index contributed by atoms with van der Waals surface area (Å²) in [5.74, 6) is -0.503. The first-order valence-corrected chi connectivity index (χ1v) is 12.2. The molecule has 1 aromatic heterocycles. The van der Waals surface area contributed by atoms with Crippen molar-refractivity contribution in [1.29, 1.82) is 0 Å². The molecular weight excluding hydrogens is 384 g/mol. The van der Waals surface area contributed by atoms with Crippen molar-refractivity contribution < 1.29 is 13.5 Å². The van der Waals surface area contributed by atoms with Gasteiger partial charge < -0.3 is 10.8 Å². The van der Waals surface area contributed by atoms with Crippen LogP contribution in [0.3, 0.4) is 0 Å². The van der Waals surface area contributed by atoms with Gasteiger partial charge in [-0.25, -0.2) is 8.42 Å². The number of aliphatic hydroxyl groups is 1. The maximum Gasteiger partial charge on any atom is 0.179 e.